The third-order valence-corrected chi connectivity index (χ3v) is 1.64. The zero-order valence-corrected chi connectivity index (χ0v) is 5.42. The molecule has 1 aromatic rings. The minimum absolute atomic E-state index is 0.0983. The van der Waals surface area contributed by atoms with Gasteiger partial charge in [0.2, 0.25) is 0 Å². The van der Waals surface area contributed by atoms with E-state index in [-0.39, 0.29) is 5.78 Å². The Morgan fingerprint density at radius 2 is 2.10 bits per heavy atom. The number of rotatable bonds is 0. The maximum Gasteiger partial charge on any atom is 0.150 e. The summed E-state index contributed by atoms with van der Waals surface area (Å²) >= 11 is 0. The summed E-state index contributed by atoms with van der Waals surface area (Å²) in [5.74, 6) is 0.0983. The summed E-state index contributed by atoms with van der Waals surface area (Å²) in [5, 5.41) is 0. The lowest BCUT2D eigenvalue weighted by atomic mass is 10.1. The average Bonchev–Trinajstić information content (AvgIpc) is 2.27. The molecule has 0 saturated carbocycles. The number of carbonyl (C=O) groups excluding carboxylic acids is 1. The first-order valence-corrected chi connectivity index (χ1v) is 3.24. The molecule has 0 saturated heterocycles. The van der Waals surface area contributed by atoms with Gasteiger partial charge in [0.1, 0.15) is 0 Å². The first-order chi connectivity index (χ1) is 4.86. The Labute approximate surface area is 59.7 Å². The summed E-state index contributed by atoms with van der Waals surface area (Å²) < 4.78 is 0. The van der Waals surface area contributed by atoms with E-state index in [1.165, 1.54) is 0 Å². The van der Waals surface area contributed by atoms with Crippen LogP contribution in [0.2, 0.25) is 0 Å². The normalized spacial score (nSPS) is 15.4. The lowest BCUT2D eigenvalue weighted by Gasteiger charge is -1.91. The first kappa shape index (κ1) is 5.66. The van der Waals surface area contributed by atoms with Crippen LogP contribution < -0.4 is 0 Å². The summed E-state index contributed by atoms with van der Waals surface area (Å²) in [6, 6.07) is 7.75. The lowest BCUT2D eigenvalue weighted by Crippen LogP contribution is -1.90. The Hall–Kier alpha value is -1.11. The highest BCUT2D eigenvalue weighted by Gasteiger charge is 2.17. The van der Waals surface area contributed by atoms with Gasteiger partial charge >= 0.3 is 0 Å². The van der Waals surface area contributed by atoms with Crippen LogP contribution in [0.15, 0.2) is 24.3 Å². The second kappa shape index (κ2) is 1.94. The SMILES string of the molecule is O=C1[C]c2ccccc2C1. The van der Waals surface area contributed by atoms with Gasteiger partial charge in [-0.2, -0.15) is 0 Å². The highest BCUT2D eigenvalue weighted by atomic mass is 16.1. The van der Waals surface area contributed by atoms with E-state index in [0.717, 1.165) is 11.1 Å². The van der Waals surface area contributed by atoms with Crippen molar-refractivity contribution in [2.75, 3.05) is 0 Å². The second-order valence-electron chi connectivity index (χ2n) is 2.38. The van der Waals surface area contributed by atoms with E-state index in [4.69, 9.17) is 0 Å². The number of carbonyl (C=O) groups is 1. The first-order valence-electron chi connectivity index (χ1n) is 3.24. The fourth-order valence-corrected chi connectivity index (χ4v) is 1.16. The minimum atomic E-state index is 0.0983. The predicted molar refractivity (Wildman–Crippen MR) is 37.5 cm³/mol. The second-order valence-corrected chi connectivity index (χ2v) is 2.38. The summed E-state index contributed by atoms with van der Waals surface area (Å²) in [5.41, 5.74) is 2.07. The Morgan fingerprint density at radius 3 is 2.90 bits per heavy atom. The van der Waals surface area contributed by atoms with Crippen LogP contribution in [0.3, 0.4) is 0 Å². The molecule has 0 amide bonds. The zero-order valence-electron chi connectivity index (χ0n) is 5.42. The number of hydrogen-bond acceptors (Lipinski definition) is 1. The molecular formula is C9H6O. The van der Waals surface area contributed by atoms with Gasteiger partial charge in [0, 0.05) is 6.42 Å². The third-order valence-electron chi connectivity index (χ3n) is 1.64. The van der Waals surface area contributed by atoms with Crippen LogP contribution in [0.25, 0.3) is 0 Å². The Balaban J connectivity index is 2.51. The molecule has 1 aliphatic rings. The van der Waals surface area contributed by atoms with E-state index in [1.54, 1.807) is 0 Å². The van der Waals surface area contributed by atoms with E-state index in [0.29, 0.717) is 6.42 Å². The van der Waals surface area contributed by atoms with Gasteiger partial charge in [0.05, 0.1) is 6.42 Å². The average molecular weight is 130 g/mol. The molecule has 0 N–H and O–H groups in total. The maximum absolute atomic E-state index is 10.8. The van der Waals surface area contributed by atoms with Gasteiger partial charge in [-0.05, 0) is 11.1 Å². The van der Waals surface area contributed by atoms with Crippen LogP contribution in [0, 0.1) is 6.42 Å². The molecule has 0 heterocycles. The maximum atomic E-state index is 10.8. The molecule has 1 aromatic carbocycles. The minimum Gasteiger partial charge on any atom is -0.298 e. The molecule has 2 radical (unpaired) electrons. The fraction of sp³-hybridized carbons (Fsp3) is 0.111. The molecule has 1 nitrogen and oxygen atoms in total. The molecule has 1 heteroatoms. The van der Waals surface area contributed by atoms with Gasteiger partial charge in [-0.15, -0.1) is 0 Å². The van der Waals surface area contributed by atoms with Crippen molar-refractivity contribution in [2.24, 2.45) is 0 Å². The van der Waals surface area contributed by atoms with Gasteiger partial charge < -0.3 is 0 Å². The third kappa shape index (κ3) is 0.747. The van der Waals surface area contributed by atoms with Crippen LogP contribution in [-0.4, -0.2) is 5.78 Å². The topological polar surface area (TPSA) is 17.1 Å². The molecule has 48 valence electrons. The lowest BCUT2D eigenvalue weighted by molar-refractivity contribution is -0.114. The largest absolute Gasteiger partial charge is 0.298 e. The van der Waals surface area contributed by atoms with E-state index in [1.807, 2.05) is 24.3 Å². The van der Waals surface area contributed by atoms with Gasteiger partial charge in [-0.1, -0.05) is 24.3 Å². The molecule has 1 aliphatic carbocycles. The number of fused-ring (bicyclic) bond motifs is 1. The molecule has 0 fully saturated rings. The Morgan fingerprint density at radius 1 is 1.30 bits per heavy atom. The molecule has 10 heavy (non-hydrogen) atoms. The van der Waals surface area contributed by atoms with Crippen LogP contribution >= 0.6 is 0 Å². The van der Waals surface area contributed by atoms with Gasteiger partial charge in [0.15, 0.2) is 5.78 Å². The molecule has 0 spiro atoms. The quantitative estimate of drug-likeness (QED) is 0.516. The molecule has 2 rings (SSSR count). The Kier molecular flexibility index (Phi) is 1.10. The summed E-state index contributed by atoms with van der Waals surface area (Å²) in [6.45, 7) is 0. The molecule has 0 atom stereocenters. The van der Waals surface area contributed by atoms with Crippen molar-refractivity contribution in [1.29, 1.82) is 0 Å². The van der Waals surface area contributed by atoms with Gasteiger partial charge in [0.25, 0.3) is 0 Å². The highest BCUT2D eigenvalue weighted by molar-refractivity contribution is 5.96. The van der Waals surface area contributed by atoms with E-state index in [9.17, 15) is 4.79 Å². The monoisotopic (exact) mass is 130 g/mol. The van der Waals surface area contributed by atoms with Gasteiger partial charge in [-0.25, -0.2) is 0 Å². The van der Waals surface area contributed by atoms with Crippen LogP contribution in [0.1, 0.15) is 11.1 Å². The van der Waals surface area contributed by atoms with Crippen molar-refractivity contribution in [3.05, 3.63) is 41.8 Å². The van der Waals surface area contributed by atoms with Crippen LogP contribution in [-0.2, 0) is 11.2 Å². The highest BCUT2D eigenvalue weighted by Crippen LogP contribution is 2.19. The predicted octanol–water partition coefficient (Wildman–Crippen LogP) is 1.24. The van der Waals surface area contributed by atoms with E-state index in [2.05, 4.69) is 6.42 Å². The number of ketones is 1. The standard InChI is InChI=1S/C9H6O/c10-9-5-7-3-1-2-4-8(7)6-9/h1-4H,5H2. The fourth-order valence-electron chi connectivity index (χ4n) is 1.16. The molecular weight excluding hydrogens is 124 g/mol. The van der Waals surface area contributed by atoms with Crippen molar-refractivity contribution in [1.82, 2.24) is 0 Å². The summed E-state index contributed by atoms with van der Waals surface area (Å²) in [6.07, 6.45) is 3.30. The van der Waals surface area contributed by atoms with Crippen molar-refractivity contribution < 1.29 is 4.79 Å². The number of hydrogen-bond donors (Lipinski definition) is 0. The summed E-state index contributed by atoms with van der Waals surface area (Å²) in [4.78, 5) is 10.8. The van der Waals surface area contributed by atoms with E-state index >= 15 is 0 Å². The van der Waals surface area contributed by atoms with Crippen LogP contribution in [0.5, 0.6) is 0 Å². The Bertz CT molecular complexity index is 249. The zero-order chi connectivity index (χ0) is 6.97. The number of benzene rings is 1. The molecule has 0 aliphatic heterocycles. The summed E-state index contributed by atoms with van der Waals surface area (Å²) in [7, 11) is 0. The smallest absolute Gasteiger partial charge is 0.150 e. The molecule has 0 aromatic heterocycles. The van der Waals surface area contributed by atoms with Crippen molar-refractivity contribution in [3.63, 3.8) is 0 Å². The van der Waals surface area contributed by atoms with Crippen molar-refractivity contribution in [2.45, 2.75) is 6.42 Å². The van der Waals surface area contributed by atoms with Crippen molar-refractivity contribution in [3.8, 4) is 0 Å². The molecule has 0 unspecified atom stereocenters. The molecule has 0 bridgehead atoms. The van der Waals surface area contributed by atoms with Crippen LogP contribution in [0.4, 0.5) is 0 Å². The van der Waals surface area contributed by atoms with Crippen molar-refractivity contribution >= 4 is 5.78 Å². The van der Waals surface area contributed by atoms with Gasteiger partial charge in [-0.3, -0.25) is 4.79 Å². The van der Waals surface area contributed by atoms with E-state index < -0.39 is 0 Å². The number of Topliss-reactive ketones (excluding diaryl/α,β-unsaturated/α-hetero) is 1.